The van der Waals surface area contributed by atoms with E-state index in [9.17, 15) is 0 Å². The van der Waals surface area contributed by atoms with Crippen molar-refractivity contribution in [2.45, 2.75) is 40.2 Å². The average molecular weight is 368 g/mol. The molecular weight excluding hydrogens is 334 g/mol. The van der Waals surface area contributed by atoms with E-state index >= 15 is 0 Å². The molecule has 1 atom stereocenters. The summed E-state index contributed by atoms with van der Waals surface area (Å²) in [6.45, 7) is 14.1. The minimum absolute atomic E-state index is 0.219. The molecular formula is C22H33N5. The molecule has 27 heavy (non-hydrogen) atoms. The van der Waals surface area contributed by atoms with E-state index in [0.29, 0.717) is 18.8 Å². The smallest absolute Gasteiger partial charge is 0.140 e. The van der Waals surface area contributed by atoms with Crippen molar-refractivity contribution in [2.75, 3.05) is 19.6 Å². The third-order valence-corrected chi connectivity index (χ3v) is 4.55. The third-order valence-electron chi connectivity index (χ3n) is 4.55. The van der Waals surface area contributed by atoms with Gasteiger partial charge in [0.25, 0.3) is 0 Å². The first kappa shape index (κ1) is 22.5. The lowest BCUT2D eigenvalue weighted by Gasteiger charge is -2.33. The zero-order valence-corrected chi connectivity index (χ0v) is 17.1. The van der Waals surface area contributed by atoms with Crippen molar-refractivity contribution in [2.24, 2.45) is 5.22 Å². The summed E-state index contributed by atoms with van der Waals surface area (Å²) in [5.41, 5.74) is 11.0. The molecule has 0 aliphatic rings. The molecule has 1 unspecified atom stereocenters. The van der Waals surface area contributed by atoms with Gasteiger partial charge in [-0.2, -0.15) is 5.53 Å². The number of likely N-dealkylation sites (N-methyl/N-ethyl adjacent to an activating group) is 1. The van der Waals surface area contributed by atoms with E-state index in [-0.39, 0.29) is 6.04 Å². The van der Waals surface area contributed by atoms with E-state index in [0.717, 1.165) is 24.2 Å². The lowest BCUT2D eigenvalue weighted by molar-refractivity contribution is 0.246. The van der Waals surface area contributed by atoms with Gasteiger partial charge in [-0.25, -0.2) is 5.01 Å². The van der Waals surface area contributed by atoms with Gasteiger partial charge in [-0.15, -0.1) is 0 Å². The quantitative estimate of drug-likeness (QED) is 0.174. The van der Waals surface area contributed by atoms with Gasteiger partial charge in [-0.05, 0) is 44.5 Å². The summed E-state index contributed by atoms with van der Waals surface area (Å²) in [5.74, 6) is 0.330. The van der Waals surface area contributed by atoms with Crippen LogP contribution < -0.4 is 0 Å². The molecule has 0 aliphatic carbocycles. The van der Waals surface area contributed by atoms with Gasteiger partial charge in [0.1, 0.15) is 5.84 Å². The number of hydrogen-bond donors (Lipinski definition) is 2. The van der Waals surface area contributed by atoms with Crippen LogP contribution in [0.15, 0.2) is 65.9 Å². The molecule has 146 valence electrons. The van der Waals surface area contributed by atoms with Crippen LogP contribution in [0.4, 0.5) is 0 Å². The maximum Gasteiger partial charge on any atom is 0.140 e. The maximum absolute atomic E-state index is 8.79. The molecule has 0 saturated carbocycles. The topological polar surface area (TPSA) is 66.5 Å². The van der Waals surface area contributed by atoms with Crippen molar-refractivity contribution < 1.29 is 0 Å². The molecule has 0 radical (unpaired) electrons. The largest absolute Gasteiger partial charge is 0.290 e. The Kier molecular flexibility index (Phi) is 9.98. The zero-order chi connectivity index (χ0) is 20.2. The van der Waals surface area contributed by atoms with Crippen molar-refractivity contribution in [1.82, 2.24) is 9.91 Å². The number of rotatable bonds is 11. The Hall–Kier alpha value is -2.53. The van der Waals surface area contributed by atoms with Crippen molar-refractivity contribution in [1.29, 1.82) is 10.9 Å². The summed E-state index contributed by atoms with van der Waals surface area (Å²) in [5, 5.41) is 13.9. The maximum atomic E-state index is 8.79. The van der Waals surface area contributed by atoms with E-state index < -0.39 is 0 Å². The number of amidine groups is 1. The van der Waals surface area contributed by atoms with Crippen LogP contribution in [0.1, 0.15) is 44.4 Å². The van der Waals surface area contributed by atoms with Gasteiger partial charge < -0.3 is 0 Å². The van der Waals surface area contributed by atoms with Gasteiger partial charge in [0, 0.05) is 6.54 Å². The predicted molar refractivity (Wildman–Crippen MR) is 114 cm³/mol. The van der Waals surface area contributed by atoms with Gasteiger partial charge in [-0.1, -0.05) is 79.8 Å². The van der Waals surface area contributed by atoms with E-state index in [2.05, 4.69) is 61.7 Å². The summed E-state index contributed by atoms with van der Waals surface area (Å²) >= 11 is 0. The fraction of sp³-hybridized carbons (Fsp3) is 0.409. The first-order valence-electron chi connectivity index (χ1n) is 9.50. The standard InChI is InChI=1S/C22H33N5/c1-6-10-19(11-7-2)16-17-27(25-24)22(23)21(26(8-3)9-4)20-14-12-18(5)13-15-20/h6-7,10-15,21,23-24H,1,8-9,16-17H2,2-5H3/b11-7-,19-10+,23-22?,25-24?. The van der Waals surface area contributed by atoms with Crippen LogP contribution in [0, 0.1) is 17.9 Å². The lowest BCUT2D eigenvalue weighted by Crippen LogP contribution is -2.41. The highest BCUT2D eigenvalue weighted by Crippen LogP contribution is 2.24. The van der Waals surface area contributed by atoms with Crippen LogP contribution in [0.3, 0.4) is 0 Å². The Balaban J connectivity index is 3.09. The monoisotopic (exact) mass is 367 g/mol. The van der Waals surface area contributed by atoms with Crippen molar-refractivity contribution in [3.05, 3.63) is 71.8 Å². The van der Waals surface area contributed by atoms with Crippen molar-refractivity contribution >= 4 is 5.84 Å². The molecule has 5 heteroatoms. The molecule has 1 aromatic rings. The number of hydrogen-bond acceptors (Lipinski definition) is 4. The Bertz CT molecular complexity index is 668. The number of benzene rings is 1. The number of nitrogens with one attached hydrogen (secondary N) is 2. The van der Waals surface area contributed by atoms with E-state index in [1.165, 1.54) is 10.6 Å². The molecule has 0 spiro atoms. The highest BCUT2D eigenvalue weighted by atomic mass is 15.5. The second-order valence-corrected chi connectivity index (χ2v) is 6.37. The number of nitrogens with zero attached hydrogens (tertiary/aromatic N) is 3. The minimum Gasteiger partial charge on any atom is -0.290 e. The summed E-state index contributed by atoms with van der Waals surface area (Å²) in [6, 6.07) is 8.05. The lowest BCUT2D eigenvalue weighted by atomic mass is 10.0. The third kappa shape index (κ3) is 6.61. The summed E-state index contributed by atoms with van der Waals surface area (Å²) in [4.78, 5) is 2.22. The molecule has 0 aromatic heterocycles. The van der Waals surface area contributed by atoms with Gasteiger partial charge >= 0.3 is 0 Å². The van der Waals surface area contributed by atoms with E-state index in [4.69, 9.17) is 10.9 Å². The fourth-order valence-electron chi connectivity index (χ4n) is 3.07. The normalized spacial score (nSPS) is 13.0. The highest BCUT2D eigenvalue weighted by Gasteiger charge is 2.27. The number of allylic oxidation sites excluding steroid dienone is 4. The molecule has 1 aromatic carbocycles. The summed E-state index contributed by atoms with van der Waals surface area (Å²) in [7, 11) is 0. The zero-order valence-electron chi connectivity index (χ0n) is 17.1. The van der Waals surface area contributed by atoms with Crippen LogP contribution in [0.25, 0.3) is 0 Å². The molecule has 0 bridgehead atoms. The second-order valence-electron chi connectivity index (χ2n) is 6.37. The van der Waals surface area contributed by atoms with Crippen LogP contribution in [-0.4, -0.2) is 35.4 Å². The SMILES string of the molecule is C=C/C=C(\C=C/C)CCN(N=N)C(=N)C(c1ccc(C)cc1)N(CC)CC. The molecule has 1 rings (SSSR count). The van der Waals surface area contributed by atoms with Gasteiger partial charge in [0.2, 0.25) is 0 Å². The fourth-order valence-corrected chi connectivity index (χ4v) is 3.07. The summed E-state index contributed by atoms with van der Waals surface area (Å²) in [6.07, 6.45) is 8.41. The Morgan fingerprint density at radius 1 is 1.22 bits per heavy atom. The molecule has 0 aliphatic heterocycles. The Morgan fingerprint density at radius 3 is 2.33 bits per heavy atom. The molecule has 0 heterocycles. The first-order valence-corrected chi connectivity index (χ1v) is 9.50. The van der Waals surface area contributed by atoms with Crippen LogP contribution in [0.5, 0.6) is 0 Å². The number of aryl methyl sites for hydroxylation is 1. The van der Waals surface area contributed by atoms with E-state index in [1.807, 2.05) is 25.2 Å². The van der Waals surface area contributed by atoms with Crippen molar-refractivity contribution in [3.8, 4) is 0 Å². The average Bonchev–Trinajstić information content (AvgIpc) is 2.67. The molecule has 2 N–H and O–H groups in total. The Labute approximate surface area is 164 Å². The minimum atomic E-state index is -0.219. The molecule has 5 nitrogen and oxygen atoms in total. The van der Waals surface area contributed by atoms with Crippen LogP contribution in [-0.2, 0) is 0 Å². The van der Waals surface area contributed by atoms with Crippen LogP contribution in [0.2, 0.25) is 0 Å². The molecule has 0 fully saturated rings. The van der Waals surface area contributed by atoms with Crippen molar-refractivity contribution in [3.63, 3.8) is 0 Å². The van der Waals surface area contributed by atoms with E-state index in [1.54, 1.807) is 6.08 Å². The van der Waals surface area contributed by atoms with Gasteiger partial charge in [0.05, 0.1) is 6.04 Å². The van der Waals surface area contributed by atoms with Gasteiger partial charge in [-0.3, -0.25) is 10.3 Å². The van der Waals surface area contributed by atoms with Crippen LogP contribution >= 0.6 is 0 Å². The molecule has 0 saturated heterocycles. The predicted octanol–water partition coefficient (Wildman–Crippen LogP) is 5.68. The first-order chi connectivity index (χ1) is 13.0. The Morgan fingerprint density at radius 2 is 1.85 bits per heavy atom. The van der Waals surface area contributed by atoms with Gasteiger partial charge in [0.15, 0.2) is 0 Å². The summed E-state index contributed by atoms with van der Waals surface area (Å²) < 4.78 is 0. The second kappa shape index (κ2) is 12.0. The highest BCUT2D eigenvalue weighted by molar-refractivity contribution is 5.85. The molecule has 0 amide bonds.